The fourth-order valence-corrected chi connectivity index (χ4v) is 0.887. The summed E-state index contributed by atoms with van der Waals surface area (Å²) >= 11 is 0. The van der Waals surface area contributed by atoms with Crippen molar-refractivity contribution < 1.29 is 0 Å². The van der Waals surface area contributed by atoms with Crippen LogP contribution in [0.2, 0.25) is 0 Å². The average molecular weight is 192 g/mol. The Bertz CT molecular complexity index is 170. The summed E-state index contributed by atoms with van der Waals surface area (Å²) in [5.41, 5.74) is 0. The van der Waals surface area contributed by atoms with Gasteiger partial charge >= 0.3 is 0 Å². The lowest BCUT2D eigenvalue weighted by Gasteiger charge is -1.92. The van der Waals surface area contributed by atoms with E-state index in [1.807, 2.05) is 24.6 Å². The Balaban J connectivity index is 3.12. The normalized spacial score (nSPS) is 11.1. The first kappa shape index (κ1) is 12.8. The molecule has 0 bridgehead atoms. The van der Waals surface area contributed by atoms with Gasteiger partial charge in [-0.15, -0.1) is 13.2 Å². The molecule has 0 aliphatic rings. The zero-order valence-corrected chi connectivity index (χ0v) is 8.86. The van der Waals surface area contributed by atoms with Gasteiger partial charge in [-0.25, -0.2) is 0 Å². The molecule has 0 aliphatic carbocycles. The highest BCUT2D eigenvalue weighted by Gasteiger charge is 1.83. The second-order valence-electron chi connectivity index (χ2n) is 2.93. The van der Waals surface area contributed by atoms with Crippen molar-refractivity contribution in [3.05, 3.63) is 25.3 Å². The number of aliphatic imine (C=N–C) groups is 2. The van der Waals surface area contributed by atoms with E-state index in [9.17, 15) is 0 Å². The van der Waals surface area contributed by atoms with Crippen molar-refractivity contribution in [2.75, 3.05) is 13.1 Å². The zero-order valence-electron chi connectivity index (χ0n) is 8.86. The van der Waals surface area contributed by atoms with Gasteiger partial charge in [-0.1, -0.05) is 12.2 Å². The van der Waals surface area contributed by atoms with Gasteiger partial charge in [-0.2, -0.15) is 0 Å². The summed E-state index contributed by atoms with van der Waals surface area (Å²) < 4.78 is 0. The van der Waals surface area contributed by atoms with E-state index in [-0.39, 0.29) is 0 Å². The lowest BCUT2D eigenvalue weighted by atomic mass is 10.3. The van der Waals surface area contributed by atoms with Gasteiger partial charge in [0.05, 0.1) is 0 Å². The molecule has 2 nitrogen and oxygen atoms in total. The predicted octanol–water partition coefficient (Wildman–Crippen LogP) is 3.06. The summed E-state index contributed by atoms with van der Waals surface area (Å²) in [6.45, 7) is 9.05. The van der Waals surface area contributed by atoms with Crippen molar-refractivity contribution >= 4 is 12.4 Å². The third-order valence-electron chi connectivity index (χ3n) is 1.63. The monoisotopic (exact) mass is 192 g/mol. The summed E-state index contributed by atoms with van der Waals surface area (Å²) in [6, 6.07) is 0. The van der Waals surface area contributed by atoms with Crippen molar-refractivity contribution in [2.24, 2.45) is 9.98 Å². The minimum atomic E-state index is 0.873. The van der Waals surface area contributed by atoms with Crippen LogP contribution in [0, 0.1) is 0 Å². The molecule has 14 heavy (non-hydrogen) atoms. The molecule has 0 N–H and O–H groups in total. The van der Waals surface area contributed by atoms with Crippen LogP contribution in [0.15, 0.2) is 35.3 Å². The van der Waals surface area contributed by atoms with Gasteiger partial charge in [0.1, 0.15) is 0 Å². The van der Waals surface area contributed by atoms with Gasteiger partial charge in [0.25, 0.3) is 0 Å². The summed E-state index contributed by atoms with van der Waals surface area (Å²) in [5.74, 6) is 0. The molecular formula is C12H20N2. The third kappa shape index (κ3) is 10.8. The molecule has 0 atom stereocenters. The van der Waals surface area contributed by atoms with Gasteiger partial charge in [0, 0.05) is 25.5 Å². The van der Waals surface area contributed by atoms with Gasteiger partial charge in [-0.3, -0.25) is 9.98 Å². The molecule has 0 aromatic heterocycles. The van der Waals surface area contributed by atoms with Crippen LogP contribution < -0.4 is 0 Å². The Morgan fingerprint density at radius 3 is 1.57 bits per heavy atom. The van der Waals surface area contributed by atoms with Crippen LogP contribution in [0.4, 0.5) is 0 Å². The van der Waals surface area contributed by atoms with E-state index in [0.717, 1.165) is 38.8 Å². The number of nitrogens with zero attached hydrogens (tertiary/aromatic N) is 2. The van der Waals surface area contributed by atoms with Crippen LogP contribution in [-0.4, -0.2) is 25.5 Å². The topological polar surface area (TPSA) is 24.7 Å². The summed E-state index contributed by atoms with van der Waals surface area (Å²) in [7, 11) is 0. The van der Waals surface area contributed by atoms with Crippen LogP contribution in [-0.2, 0) is 0 Å². The molecule has 0 saturated carbocycles. The first-order valence-electron chi connectivity index (χ1n) is 5.10. The molecule has 0 radical (unpaired) electrons. The average Bonchev–Trinajstić information content (AvgIpc) is 2.21. The van der Waals surface area contributed by atoms with E-state index in [4.69, 9.17) is 0 Å². The number of hydrogen-bond acceptors (Lipinski definition) is 2. The molecule has 0 heterocycles. The SMILES string of the molecule is C=CCC=NCCCCN=CCC=C. The maximum absolute atomic E-state index is 4.23. The summed E-state index contributed by atoms with van der Waals surface area (Å²) in [4.78, 5) is 8.46. The van der Waals surface area contributed by atoms with Crippen molar-refractivity contribution in [3.8, 4) is 0 Å². The maximum Gasteiger partial charge on any atom is 0.0386 e. The Kier molecular flexibility index (Phi) is 10.8. The molecule has 0 fully saturated rings. The molecule has 0 amide bonds. The van der Waals surface area contributed by atoms with E-state index < -0.39 is 0 Å². The Hall–Kier alpha value is -1.18. The number of unbranched alkanes of at least 4 members (excludes halogenated alkanes) is 1. The second kappa shape index (κ2) is 11.8. The minimum absolute atomic E-state index is 0.873. The highest BCUT2D eigenvalue weighted by atomic mass is 14.7. The van der Waals surface area contributed by atoms with Crippen molar-refractivity contribution in [2.45, 2.75) is 25.7 Å². The van der Waals surface area contributed by atoms with Gasteiger partial charge < -0.3 is 0 Å². The largest absolute Gasteiger partial charge is 0.297 e. The maximum atomic E-state index is 4.23. The van der Waals surface area contributed by atoms with Crippen molar-refractivity contribution in [1.29, 1.82) is 0 Å². The van der Waals surface area contributed by atoms with Crippen LogP contribution in [0.1, 0.15) is 25.7 Å². The number of hydrogen-bond donors (Lipinski definition) is 0. The smallest absolute Gasteiger partial charge is 0.0386 e. The van der Waals surface area contributed by atoms with E-state index in [0.29, 0.717) is 0 Å². The van der Waals surface area contributed by atoms with Gasteiger partial charge in [0.15, 0.2) is 0 Å². The van der Waals surface area contributed by atoms with Gasteiger partial charge in [0.2, 0.25) is 0 Å². The van der Waals surface area contributed by atoms with Gasteiger partial charge in [-0.05, 0) is 25.7 Å². The van der Waals surface area contributed by atoms with E-state index >= 15 is 0 Å². The predicted molar refractivity (Wildman–Crippen MR) is 65.6 cm³/mol. The first-order valence-corrected chi connectivity index (χ1v) is 5.10. The van der Waals surface area contributed by atoms with E-state index in [2.05, 4.69) is 23.1 Å². The fraction of sp³-hybridized carbons (Fsp3) is 0.500. The molecule has 2 heteroatoms. The molecule has 0 aliphatic heterocycles. The molecule has 78 valence electrons. The number of rotatable bonds is 9. The molecular weight excluding hydrogens is 172 g/mol. The Morgan fingerprint density at radius 2 is 1.21 bits per heavy atom. The molecule has 0 unspecified atom stereocenters. The molecule has 0 spiro atoms. The third-order valence-corrected chi connectivity index (χ3v) is 1.63. The van der Waals surface area contributed by atoms with E-state index in [1.54, 1.807) is 0 Å². The summed E-state index contributed by atoms with van der Waals surface area (Å²) in [5, 5.41) is 0. The molecule has 0 saturated heterocycles. The standard InChI is InChI=1S/C12H20N2/c1-3-5-9-13-11-7-8-12-14-10-6-4-2/h3-4,9-10H,1-2,5-8,11-12H2. The molecule has 0 aromatic rings. The van der Waals surface area contributed by atoms with Crippen LogP contribution in [0.3, 0.4) is 0 Å². The lowest BCUT2D eigenvalue weighted by Crippen LogP contribution is -1.86. The molecule has 0 aromatic carbocycles. The second-order valence-corrected chi connectivity index (χ2v) is 2.93. The van der Waals surface area contributed by atoms with E-state index in [1.165, 1.54) is 0 Å². The Labute approximate surface area is 87.2 Å². The quantitative estimate of drug-likeness (QED) is 0.305. The minimum Gasteiger partial charge on any atom is -0.297 e. The van der Waals surface area contributed by atoms with Crippen molar-refractivity contribution in [1.82, 2.24) is 0 Å². The lowest BCUT2D eigenvalue weighted by molar-refractivity contribution is 0.758. The molecule has 0 rings (SSSR count). The fourth-order valence-electron chi connectivity index (χ4n) is 0.887. The highest BCUT2D eigenvalue weighted by Crippen LogP contribution is 1.90. The summed E-state index contributed by atoms with van der Waals surface area (Å²) in [6.07, 6.45) is 11.5. The number of allylic oxidation sites excluding steroid dienone is 2. The Morgan fingerprint density at radius 1 is 0.786 bits per heavy atom. The zero-order chi connectivity index (χ0) is 10.5. The van der Waals surface area contributed by atoms with Crippen molar-refractivity contribution in [3.63, 3.8) is 0 Å². The van der Waals surface area contributed by atoms with Crippen LogP contribution >= 0.6 is 0 Å². The van der Waals surface area contributed by atoms with Crippen LogP contribution in [0.25, 0.3) is 0 Å². The van der Waals surface area contributed by atoms with Crippen LogP contribution in [0.5, 0.6) is 0 Å². The first-order chi connectivity index (χ1) is 6.91. The highest BCUT2D eigenvalue weighted by molar-refractivity contribution is 5.59.